The molecule has 1 aliphatic carbocycles. The highest BCUT2D eigenvalue weighted by Gasteiger charge is 2.20. The van der Waals surface area contributed by atoms with Crippen LogP contribution in [0.3, 0.4) is 0 Å². The van der Waals surface area contributed by atoms with Gasteiger partial charge in [-0.15, -0.1) is 0 Å². The quantitative estimate of drug-likeness (QED) is 0.427. The Morgan fingerprint density at radius 2 is 1.89 bits per heavy atom. The Hall–Kier alpha value is -0.0800. The van der Waals surface area contributed by atoms with Gasteiger partial charge in [0, 0.05) is 9.85 Å². The molecule has 1 aromatic rings. The third-order valence-corrected chi connectivity index (χ3v) is 5.32. The summed E-state index contributed by atoms with van der Waals surface area (Å²) in [5, 5.41) is 0.540. The number of hydrogen-bond acceptors (Lipinski definition) is 0. The average Bonchev–Trinajstić information content (AvgIpc) is 2.62. The Bertz CT molecular complexity index is 425. The zero-order chi connectivity index (χ0) is 13.8. The number of benzene rings is 1. The van der Waals surface area contributed by atoms with Gasteiger partial charge in [-0.3, -0.25) is 0 Å². The highest BCUT2D eigenvalue weighted by molar-refractivity contribution is 9.09. The molecule has 0 bridgehead atoms. The van der Waals surface area contributed by atoms with Crippen molar-refractivity contribution in [2.24, 2.45) is 5.92 Å². The third kappa shape index (κ3) is 4.19. The zero-order valence-corrected chi connectivity index (χ0v) is 13.7. The van der Waals surface area contributed by atoms with E-state index in [9.17, 15) is 4.39 Å². The highest BCUT2D eigenvalue weighted by atomic mass is 79.9. The lowest BCUT2D eigenvalue weighted by molar-refractivity contribution is 0.427. The number of alkyl halides is 1. The molecular formula is C16H21BrClF. The molecule has 0 heterocycles. The minimum absolute atomic E-state index is 0.220. The van der Waals surface area contributed by atoms with E-state index in [0.29, 0.717) is 10.6 Å². The van der Waals surface area contributed by atoms with E-state index >= 15 is 0 Å². The molecule has 0 amide bonds. The summed E-state index contributed by atoms with van der Waals surface area (Å²) in [6.45, 7) is 1.79. The second kappa shape index (κ2) is 7.08. The number of halogens is 3. The smallest absolute Gasteiger partial charge is 0.127 e. The van der Waals surface area contributed by atoms with E-state index in [0.717, 1.165) is 17.9 Å². The van der Waals surface area contributed by atoms with Crippen LogP contribution in [0.15, 0.2) is 12.1 Å². The molecule has 1 saturated carbocycles. The first-order chi connectivity index (χ1) is 9.08. The maximum Gasteiger partial charge on any atom is 0.127 e. The van der Waals surface area contributed by atoms with E-state index in [-0.39, 0.29) is 10.6 Å². The summed E-state index contributed by atoms with van der Waals surface area (Å²) in [4.78, 5) is 0.238. The fourth-order valence-electron chi connectivity index (χ4n) is 2.94. The van der Waals surface area contributed by atoms with Gasteiger partial charge in [0.1, 0.15) is 5.82 Å². The van der Waals surface area contributed by atoms with Gasteiger partial charge in [-0.05, 0) is 36.5 Å². The summed E-state index contributed by atoms with van der Waals surface area (Å²) in [7, 11) is 0. The predicted octanol–water partition coefficient (Wildman–Crippen LogP) is 6.58. The van der Waals surface area contributed by atoms with Crippen molar-refractivity contribution in [3.05, 3.63) is 34.1 Å². The van der Waals surface area contributed by atoms with E-state index in [4.69, 9.17) is 11.6 Å². The molecule has 0 spiro atoms. The summed E-state index contributed by atoms with van der Waals surface area (Å²) >= 11 is 9.93. The Balaban J connectivity index is 2.06. The van der Waals surface area contributed by atoms with Gasteiger partial charge in [0.2, 0.25) is 0 Å². The Morgan fingerprint density at radius 3 is 2.53 bits per heavy atom. The second-order valence-corrected chi connectivity index (χ2v) is 7.20. The minimum atomic E-state index is -0.220. The van der Waals surface area contributed by atoms with Crippen LogP contribution in [-0.2, 0) is 0 Å². The predicted molar refractivity (Wildman–Crippen MR) is 83.6 cm³/mol. The highest BCUT2D eigenvalue weighted by Crippen LogP contribution is 2.39. The standard InChI is InChI=1S/C16H21BrClF/c1-11-8-13(15(18)10-16(11)19)14(17)9-12-6-4-2-3-5-7-12/h8,10,12,14H,2-7,9H2,1H3. The van der Waals surface area contributed by atoms with Gasteiger partial charge in [-0.1, -0.05) is 72.1 Å². The van der Waals surface area contributed by atoms with Gasteiger partial charge in [0.25, 0.3) is 0 Å². The van der Waals surface area contributed by atoms with Gasteiger partial charge >= 0.3 is 0 Å². The molecule has 1 atom stereocenters. The van der Waals surface area contributed by atoms with Crippen LogP contribution in [0, 0.1) is 18.7 Å². The largest absolute Gasteiger partial charge is 0.207 e. The fourth-order valence-corrected chi connectivity index (χ4v) is 4.26. The lowest BCUT2D eigenvalue weighted by atomic mass is 9.92. The molecule has 0 aromatic heterocycles. The first kappa shape index (κ1) is 15.3. The molecule has 3 heteroatoms. The van der Waals surface area contributed by atoms with Crippen molar-refractivity contribution in [1.29, 1.82) is 0 Å². The fraction of sp³-hybridized carbons (Fsp3) is 0.625. The van der Waals surface area contributed by atoms with E-state index in [1.807, 2.05) is 6.07 Å². The SMILES string of the molecule is Cc1cc(C(Br)CC2CCCCCC2)c(Cl)cc1F. The average molecular weight is 348 g/mol. The first-order valence-corrected chi connectivity index (χ1v) is 8.47. The van der Waals surface area contributed by atoms with Gasteiger partial charge < -0.3 is 0 Å². The number of hydrogen-bond donors (Lipinski definition) is 0. The molecule has 0 radical (unpaired) electrons. The van der Waals surface area contributed by atoms with Crippen LogP contribution < -0.4 is 0 Å². The van der Waals surface area contributed by atoms with E-state index in [1.165, 1.54) is 44.6 Å². The summed E-state index contributed by atoms with van der Waals surface area (Å²) in [5.41, 5.74) is 1.70. The topological polar surface area (TPSA) is 0 Å². The number of rotatable bonds is 3. The van der Waals surface area contributed by atoms with Crippen molar-refractivity contribution < 1.29 is 4.39 Å². The molecule has 1 fully saturated rings. The molecule has 1 aromatic carbocycles. The van der Waals surface area contributed by atoms with Crippen LogP contribution in [0.2, 0.25) is 5.02 Å². The third-order valence-electron chi connectivity index (χ3n) is 4.13. The molecule has 1 unspecified atom stereocenters. The lowest BCUT2D eigenvalue weighted by Crippen LogP contribution is -2.04. The molecule has 0 aliphatic heterocycles. The van der Waals surface area contributed by atoms with Crippen molar-refractivity contribution in [3.63, 3.8) is 0 Å². The summed E-state index contributed by atoms with van der Waals surface area (Å²) in [6.07, 6.45) is 9.19. The Kier molecular flexibility index (Phi) is 5.70. The molecule has 106 valence electrons. The molecule has 2 rings (SSSR count). The summed E-state index contributed by atoms with van der Waals surface area (Å²) in [5.74, 6) is 0.552. The van der Waals surface area contributed by atoms with Gasteiger partial charge in [-0.2, -0.15) is 0 Å². The Morgan fingerprint density at radius 1 is 1.26 bits per heavy atom. The molecule has 1 aliphatic rings. The molecule has 0 N–H and O–H groups in total. The molecule has 0 saturated heterocycles. The van der Waals surface area contributed by atoms with Crippen LogP contribution in [-0.4, -0.2) is 0 Å². The second-order valence-electron chi connectivity index (χ2n) is 5.68. The van der Waals surface area contributed by atoms with E-state index in [1.54, 1.807) is 6.92 Å². The van der Waals surface area contributed by atoms with Crippen molar-refractivity contribution in [1.82, 2.24) is 0 Å². The minimum Gasteiger partial charge on any atom is -0.207 e. The van der Waals surface area contributed by atoms with E-state index < -0.39 is 0 Å². The zero-order valence-electron chi connectivity index (χ0n) is 11.4. The Labute approximate surface area is 128 Å². The van der Waals surface area contributed by atoms with Crippen LogP contribution in [0.1, 0.15) is 60.9 Å². The van der Waals surface area contributed by atoms with Crippen molar-refractivity contribution in [3.8, 4) is 0 Å². The van der Waals surface area contributed by atoms with Crippen LogP contribution in [0.4, 0.5) is 4.39 Å². The normalized spacial score (nSPS) is 19.2. The number of aryl methyl sites for hydroxylation is 1. The monoisotopic (exact) mass is 346 g/mol. The van der Waals surface area contributed by atoms with Crippen molar-refractivity contribution in [2.75, 3.05) is 0 Å². The lowest BCUT2D eigenvalue weighted by Gasteiger charge is -2.19. The summed E-state index contributed by atoms with van der Waals surface area (Å²) in [6, 6.07) is 3.32. The first-order valence-electron chi connectivity index (χ1n) is 7.17. The molecule has 19 heavy (non-hydrogen) atoms. The maximum absolute atomic E-state index is 13.4. The maximum atomic E-state index is 13.4. The van der Waals surface area contributed by atoms with Crippen molar-refractivity contribution in [2.45, 2.75) is 56.7 Å². The van der Waals surface area contributed by atoms with Gasteiger partial charge in [0.05, 0.1) is 0 Å². The van der Waals surface area contributed by atoms with Gasteiger partial charge in [-0.25, -0.2) is 4.39 Å². The molecular weight excluding hydrogens is 327 g/mol. The van der Waals surface area contributed by atoms with Crippen molar-refractivity contribution >= 4 is 27.5 Å². The van der Waals surface area contributed by atoms with Crippen LogP contribution in [0.5, 0.6) is 0 Å². The molecule has 0 nitrogen and oxygen atoms in total. The van der Waals surface area contributed by atoms with Gasteiger partial charge in [0.15, 0.2) is 0 Å². The van der Waals surface area contributed by atoms with Crippen LogP contribution >= 0.6 is 27.5 Å². The van der Waals surface area contributed by atoms with E-state index in [2.05, 4.69) is 15.9 Å². The summed E-state index contributed by atoms with van der Waals surface area (Å²) < 4.78 is 13.4. The van der Waals surface area contributed by atoms with Crippen LogP contribution in [0.25, 0.3) is 0 Å².